The van der Waals surface area contributed by atoms with Crippen molar-refractivity contribution in [2.45, 2.75) is 13.3 Å². The van der Waals surface area contributed by atoms with E-state index in [1.165, 1.54) is 0 Å². The highest BCUT2D eigenvalue weighted by molar-refractivity contribution is 5.98. The zero-order chi connectivity index (χ0) is 11.1. The summed E-state index contributed by atoms with van der Waals surface area (Å²) >= 11 is 0. The Hall–Kier alpha value is -1.35. The van der Waals surface area contributed by atoms with Crippen LogP contribution in [0, 0.1) is 0 Å². The van der Waals surface area contributed by atoms with Gasteiger partial charge in [-0.05, 0) is 26.1 Å². The molecule has 82 valence electrons. The van der Waals surface area contributed by atoms with Crippen molar-refractivity contribution < 1.29 is 9.53 Å². The van der Waals surface area contributed by atoms with Gasteiger partial charge < -0.3 is 10.1 Å². The second-order valence-corrected chi connectivity index (χ2v) is 3.21. The SMILES string of the molecule is CCOc1ccccc1C(=O)CCNC. The van der Waals surface area contributed by atoms with Crippen molar-refractivity contribution in [2.24, 2.45) is 0 Å². The average molecular weight is 207 g/mol. The molecule has 0 fully saturated rings. The molecule has 0 amide bonds. The number of ketones is 1. The van der Waals surface area contributed by atoms with E-state index in [-0.39, 0.29) is 5.78 Å². The lowest BCUT2D eigenvalue weighted by Crippen LogP contribution is -2.13. The topological polar surface area (TPSA) is 38.3 Å². The highest BCUT2D eigenvalue weighted by Gasteiger charge is 2.10. The first-order chi connectivity index (χ1) is 7.29. The van der Waals surface area contributed by atoms with Gasteiger partial charge >= 0.3 is 0 Å². The van der Waals surface area contributed by atoms with Crippen LogP contribution < -0.4 is 10.1 Å². The Morgan fingerprint density at radius 3 is 2.80 bits per heavy atom. The molecule has 3 heteroatoms. The first kappa shape index (κ1) is 11.7. The summed E-state index contributed by atoms with van der Waals surface area (Å²) in [5, 5.41) is 2.96. The van der Waals surface area contributed by atoms with Crippen LogP contribution in [0.2, 0.25) is 0 Å². The molecular formula is C12H17NO2. The van der Waals surface area contributed by atoms with Gasteiger partial charge in [-0.3, -0.25) is 4.79 Å². The van der Waals surface area contributed by atoms with E-state index in [1.807, 2.05) is 38.2 Å². The van der Waals surface area contributed by atoms with Gasteiger partial charge in [-0.15, -0.1) is 0 Å². The normalized spacial score (nSPS) is 10.0. The van der Waals surface area contributed by atoms with E-state index in [9.17, 15) is 4.79 Å². The number of ether oxygens (including phenoxy) is 1. The van der Waals surface area contributed by atoms with Crippen LogP contribution in [0.4, 0.5) is 0 Å². The molecule has 0 heterocycles. The number of Topliss-reactive ketones (excluding diaryl/α,β-unsaturated/α-hetero) is 1. The van der Waals surface area contributed by atoms with E-state index in [0.717, 1.165) is 0 Å². The van der Waals surface area contributed by atoms with Gasteiger partial charge in [-0.25, -0.2) is 0 Å². The maximum Gasteiger partial charge on any atom is 0.167 e. The summed E-state index contributed by atoms with van der Waals surface area (Å²) in [5.74, 6) is 0.800. The molecule has 0 saturated heterocycles. The Kier molecular flexibility index (Phi) is 4.84. The number of hydrogen-bond donors (Lipinski definition) is 1. The van der Waals surface area contributed by atoms with Crippen LogP contribution >= 0.6 is 0 Å². The third-order valence-corrected chi connectivity index (χ3v) is 2.09. The van der Waals surface area contributed by atoms with Crippen molar-refractivity contribution in [3.8, 4) is 5.75 Å². The van der Waals surface area contributed by atoms with Gasteiger partial charge in [0.05, 0.1) is 12.2 Å². The standard InChI is InChI=1S/C12H17NO2/c1-3-15-12-7-5-4-6-10(12)11(14)8-9-13-2/h4-7,13H,3,8-9H2,1-2H3. The summed E-state index contributed by atoms with van der Waals surface area (Å²) in [6.45, 7) is 3.18. The van der Waals surface area contributed by atoms with Crippen LogP contribution in [0.3, 0.4) is 0 Å². The van der Waals surface area contributed by atoms with Gasteiger partial charge in [-0.2, -0.15) is 0 Å². The van der Waals surface area contributed by atoms with E-state index in [0.29, 0.717) is 30.9 Å². The Morgan fingerprint density at radius 2 is 2.13 bits per heavy atom. The maximum atomic E-state index is 11.8. The van der Waals surface area contributed by atoms with E-state index in [1.54, 1.807) is 0 Å². The maximum absolute atomic E-state index is 11.8. The summed E-state index contributed by atoms with van der Waals surface area (Å²) in [7, 11) is 1.84. The minimum absolute atomic E-state index is 0.119. The van der Waals surface area contributed by atoms with Crippen molar-refractivity contribution in [3.05, 3.63) is 29.8 Å². The summed E-state index contributed by atoms with van der Waals surface area (Å²) in [6.07, 6.45) is 0.501. The molecule has 0 bridgehead atoms. The number of nitrogens with one attached hydrogen (secondary N) is 1. The molecule has 0 aromatic heterocycles. The minimum atomic E-state index is 0.119. The second-order valence-electron chi connectivity index (χ2n) is 3.21. The van der Waals surface area contributed by atoms with Crippen LogP contribution in [-0.4, -0.2) is 26.0 Å². The number of benzene rings is 1. The van der Waals surface area contributed by atoms with E-state index >= 15 is 0 Å². The van der Waals surface area contributed by atoms with Crippen molar-refractivity contribution in [2.75, 3.05) is 20.2 Å². The molecule has 0 aliphatic heterocycles. The zero-order valence-corrected chi connectivity index (χ0v) is 9.25. The van der Waals surface area contributed by atoms with Gasteiger partial charge in [0.1, 0.15) is 5.75 Å². The molecule has 0 atom stereocenters. The predicted octanol–water partition coefficient (Wildman–Crippen LogP) is 1.88. The summed E-state index contributed by atoms with van der Waals surface area (Å²) < 4.78 is 5.40. The van der Waals surface area contributed by atoms with E-state index in [2.05, 4.69) is 5.32 Å². The van der Waals surface area contributed by atoms with Crippen molar-refractivity contribution in [3.63, 3.8) is 0 Å². The molecule has 0 unspecified atom stereocenters. The van der Waals surface area contributed by atoms with Crippen LogP contribution in [-0.2, 0) is 0 Å². The van der Waals surface area contributed by atoms with Gasteiger partial charge in [0, 0.05) is 13.0 Å². The summed E-state index contributed by atoms with van der Waals surface area (Å²) in [6, 6.07) is 7.37. The number of para-hydroxylation sites is 1. The molecule has 0 aliphatic carbocycles. The Balaban J connectivity index is 2.77. The molecule has 1 rings (SSSR count). The fraction of sp³-hybridized carbons (Fsp3) is 0.417. The predicted molar refractivity (Wildman–Crippen MR) is 60.5 cm³/mol. The van der Waals surface area contributed by atoms with Crippen LogP contribution in [0.1, 0.15) is 23.7 Å². The highest BCUT2D eigenvalue weighted by atomic mass is 16.5. The van der Waals surface area contributed by atoms with E-state index in [4.69, 9.17) is 4.74 Å². The van der Waals surface area contributed by atoms with Crippen LogP contribution in [0.15, 0.2) is 24.3 Å². The minimum Gasteiger partial charge on any atom is -0.493 e. The summed E-state index contributed by atoms with van der Waals surface area (Å²) in [4.78, 5) is 11.8. The quantitative estimate of drug-likeness (QED) is 0.724. The van der Waals surface area contributed by atoms with Crippen LogP contribution in [0.25, 0.3) is 0 Å². The number of rotatable bonds is 6. The lowest BCUT2D eigenvalue weighted by Gasteiger charge is -2.08. The van der Waals surface area contributed by atoms with Crippen molar-refractivity contribution >= 4 is 5.78 Å². The molecular weight excluding hydrogens is 190 g/mol. The Morgan fingerprint density at radius 1 is 1.40 bits per heavy atom. The summed E-state index contributed by atoms with van der Waals surface area (Å²) in [5.41, 5.74) is 0.676. The first-order valence-electron chi connectivity index (χ1n) is 5.19. The zero-order valence-electron chi connectivity index (χ0n) is 9.25. The molecule has 1 N–H and O–H groups in total. The molecule has 3 nitrogen and oxygen atoms in total. The molecule has 0 saturated carbocycles. The number of carbonyl (C=O) groups is 1. The highest BCUT2D eigenvalue weighted by Crippen LogP contribution is 2.19. The fourth-order valence-corrected chi connectivity index (χ4v) is 1.35. The molecule has 15 heavy (non-hydrogen) atoms. The largest absolute Gasteiger partial charge is 0.493 e. The first-order valence-corrected chi connectivity index (χ1v) is 5.19. The second kappa shape index (κ2) is 6.19. The fourth-order valence-electron chi connectivity index (χ4n) is 1.35. The van der Waals surface area contributed by atoms with Gasteiger partial charge in [-0.1, -0.05) is 12.1 Å². The molecule has 0 radical (unpaired) electrons. The van der Waals surface area contributed by atoms with Crippen molar-refractivity contribution in [1.29, 1.82) is 0 Å². The van der Waals surface area contributed by atoms with Crippen molar-refractivity contribution in [1.82, 2.24) is 5.32 Å². The van der Waals surface area contributed by atoms with E-state index < -0.39 is 0 Å². The molecule has 1 aromatic carbocycles. The lowest BCUT2D eigenvalue weighted by atomic mass is 10.1. The molecule has 1 aromatic rings. The van der Waals surface area contributed by atoms with Gasteiger partial charge in [0.2, 0.25) is 0 Å². The molecule has 0 aliphatic rings. The third-order valence-electron chi connectivity index (χ3n) is 2.09. The van der Waals surface area contributed by atoms with Gasteiger partial charge in [0.15, 0.2) is 5.78 Å². The van der Waals surface area contributed by atoms with Crippen LogP contribution in [0.5, 0.6) is 5.75 Å². The Bertz CT molecular complexity index is 323. The molecule has 0 spiro atoms. The van der Waals surface area contributed by atoms with Gasteiger partial charge in [0.25, 0.3) is 0 Å². The smallest absolute Gasteiger partial charge is 0.167 e. The lowest BCUT2D eigenvalue weighted by molar-refractivity contribution is 0.0979. The monoisotopic (exact) mass is 207 g/mol. The Labute approximate surface area is 90.4 Å². The third kappa shape index (κ3) is 3.36. The number of hydrogen-bond acceptors (Lipinski definition) is 3. The average Bonchev–Trinajstić information content (AvgIpc) is 2.27. The number of carbonyl (C=O) groups excluding carboxylic acids is 1.